The highest BCUT2D eigenvalue weighted by atomic mass is 35.5. The van der Waals surface area contributed by atoms with Gasteiger partial charge in [0.15, 0.2) is 5.65 Å². The molecule has 4 N–H and O–H groups in total. The van der Waals surface area contributed by atoms with Crippen molar-refractivity contribution in [3.05, 3.63) is 63.2 Å². The Morgan fingerprint density at radius 3 is 2.80 bits per heavy atom. The zero-order valence-corrected chi connectivity index (χ0v) is 20.5. The maximum absolute atomic E-state index is 12.8. The number of fused-ring (bicyclic) bond motifs is 1. The number of aliphatic hydroxyl groups is 1. The molecule has 0 spiro atoms. The van der Waals surface area contributed by atoms with Crippen LogP contribution in [-0.2, 0) is 4.74 Å². The lowest BCUT2D eigenvalue weighted by Crippen LogP contribution is -2.37. The predicted molar refractivity (Wildman–Crippen MR) is 138 cm³/mol. The van der Waals surface area contributed by atoms with Gasteiger partial charge in [-0.2, -0.15) is 4.98 Å². The van der Waals surface area contributed by atoms with E-state index in [-0.39, 0.29) is 24.5 Å². The molecule has 1 saturated heterocycles. The lowest BCUT2D eigenvalue weighted by atomic mass is 10.1. The van der Waals surface area contributed by atoms with Crippen LogP contribution in [0, 0.1) is 6.92 Å². The first-order chi connectivity index (χ1) is 16.5. The molecule has 0 aliphatic carbocycles. The van der Waals surface area contributed by atoms with Crippen molar-refractivity contribution in [3.8, 4) is 11.4 Å². The molecule has 1 aromatic carbocycles. The van der Waals surface area contributed by atoms with E-state index in [9.17, 15) is 9.90 Å². The Labute approximate surface area is 212 Å². The van der Waals surface area contributed by atoms with Gasteiger partial charge in [0.05, 0.1) is 30.7 Å². The lowest BCUT2D eigenvalue weighted by molar-refractivity contribution is 0.122. The molecule has 4 heterocycles. The van der Waals surface area contributed by atoms with Crippen LogP contribution >= 0.6 is 24.0 Å². The van der Waals surface area contributed by atoms with Gasteiger partial charge in [-0.05, 0) is 30.7 Å². The largest absolute Gasteiger partial charge is 0.387 e. The van der Waals surface area contributed by atoms with E-state index in [2.05, 4.69) is 35.1 Å². The third kappa shape index (κ3) is 5.25. The van der Waals surface area contributed by atoms with Gasteiger partial charge in [0.1, 0.15) is 16.9 Å². The van der Waals surface area contributed by atoms with Gasteiger partial charge < -0.3 is 30.0 Å². The van der Waals surface area contributed by atoms with Gasteiger partial charge in [0.2, 0.25) is 5.95 Å². The van der Waals surface area contributed by atoms with E-state index in [1.54, 1.807) is 36.5 Å². The average Bonchev–Trinajstić information content (AvgIpc) is 3.27. The number of ether oxygens (including phenoxy) is 1. The summed E-state index contributed by atoms with van der Waals surface area (Å²) in [5, 5.41) is 14.3. The summed E-state index contributed by atoms with van der Waals surface area (Å²) in [6.45, 7) is 4.74. The molecule has 1 unspecified atom stereocenters. The molecule has 184 valence electrons. The van der Waals surface area contributed by atoms with Crippen LogP contribution in [0.5, 0.6) is 0 Å². The number of aromatic amines is 2. The Morgan fingerprint density at radius 1 is 1.23 bits per heavy atom. The lowest BCUT2D eigenvalue weighted by Gasteiger charge is -2.26. The van der Waals surface area contributed by atoms with Crippen LogP contribution in [-0.4, -0.2) is 62.9 Å². The first kappa shape index (κ1) is 24.9. The second-order valence-corrected chi connectivity index (χ2v) is 8.47. The van der Waals surface area contributed by atoms with E-state index in [0.717, 1.165) is 0 Å². The molecule has 0 radical (unpaired) electrons. The zero-order valence-electron chi connectivity index (χ0n) is 18.9. The van der Waals surface area contributed by atoms with E-state index in [1.807, 2.05) is 6.92 Å². The van der Waals surface area contributed by atoms with Crippen LogP contribution in [0.2, 0.25) is 5.02 Å². The first-order valence-corrected chi connectivity index (χ1v) is 11.3. The minimum atomic E-state index is -0.814. The van der Waals surface area contributed by atoms with Gasteiger partial charge in [-0.3, -0.25) is 4.79 Å². The number of aromatic nitrogens is 5. The van der Waals surface area contributed by atoms with E-state index in [0.29, 0.717) is 76.8 Å². The quantitative estimate of drug-likeness (QED) is 0.306. The van der Waals surface area contributed by atoms with Crippen molar-refractivity contribution in [2.24, 2.45) is 0 Å². The molecule has 1 atom stereocenters. The van der Waals surface area contributed by atoms with Crippen molar-refractivity contribution in [1.82, 2.24) is 24.9 Å². The van der Waals surface area contributed by atoms with Gasteiger partial charge in [-0.25, -0.2) is 9.97 Å². The number of imidazole rings is 1. The number of H-pyrrole nitrogens is 2. The number of anilines is 2. The summed E-state index contributed by atoms with van der Waals surface area (Å²) in [6, 6.07) is 8.76. The van der Waals surface area contributed by atoms with Gasteiger partial charge in [0, 0.05) is 30.9 Å². The SMILES string of the molecule is Cc1nc(N2CCOCC2)nc2[nH]c(-c3c(NCC(O)c4cccc(Cl)c4)cc[nH]c3=O)nc12.Cl. The van der Waals surface area contributed by atoms with Gasteiger partial charge in [0.25, 0.3) is 5.56 Å². The molecule has 5 rings (SSSR count). The third-order valence-corrected chi connectivity index (χ3v) is 5.95. The molecule has 12 heteroatoms. The van der Waals surface area contributed by atoms with Crippen LogP contribution in [0.15, 0.2) is 41.3 Å². The van der Waals surface area contributed by atoms with E-state index in [4.69, 9.17) is 16.3 Å². The summed E-state index contributed by atoms with van der Waals surface area (Å²) in [7, 11) is 0. The molecule has 10 nitrogen and oxygen atoms in total. The fourth-order valence-electron chi connectivity index (χ4n) is 3.95. The summed E-state index contributed by atoms with van der Waals surface area (Å²) in [5.41, 5.74) is 3.08. The Balaban J connectivity index is 0.00000289. The number of halogens is 2. The fraction of sp³-hybridized carbons (Fsp3) is 0.304. The van der Waals surface area contributed by atoms with Crippen molar-refractivity contribution in [3.63, 3.8) is 0 Å². The monoisotopic (exact) mass is 517 g/mol. The van der Waals surface area contributed by atoms with Crippen molar-refractivity contribution in [2.75, 3.05) is 43.1 Å². The van der Waals surface area contributed by atoms with E-state index < -0.39 is 6.10 Å². The molecule has 1 fully saturated rings. The summed E-state index contributed by atoms with van der Waals surface area (Å²) in [5.74, 6) is 0.974. The molecule has 0 bridgehead atoms. The smallest absolute Gasteiger partial charge is 0.261 e. The normalized spacial score (nSPS) is 14.5. The molecule has 3 aromatic heterocycles. The van der Waals surface area contributed by atoms with Gasteiger partial charge >= 0.3 is 0 Å². The highest BCUT2D eigenvalue weighted by Crippen LogP contribution is 2.27. The van der Waals surface area contributed by atoms with Crippen molar-refractivity contribution < 1.29 is 9.84 Å². The Morgan fingerprint density at radius 2 is 2.03 bits per heavy atom. The second kappa shape index (κ2) is 10.6. The second-order valence-electron chi connectivity index (χ2n) is 8.04. The summed E-state index contributed by atoms with van der Waals surface area (Å²) in [4.78, 5) is 34.6. The van der Waals surface area contributed by atoms with Crippen LogP contribution < -0.4 is 15.8 Å². The van der Waals surface area contributed by atoms with Crippen molar-refractivity contribution >= 4 is 46.8 Å². The number of morpholine rings is 1. The zero-order chi connectivity index (χ0) is 23.7. The van der Waals surface area contributed by atoms with Crippen LogP contribution in [0.1, 0.15) is 17.4 Å². The summed E-state index contributed by atoms with van der Waals surface area (Å²) < 4.78 is 5.41. The number of hydrogen-bond acceptors (Lipinski definition) is 8. The minimum absolute atomic E-state index is 0. The number of rotatable bonds is 6. The molecule has 35 heavy (non-hydrogen) atoms. The molecule has 0 amide bonds. The molecular formula is C23H25Cl2N7O3. The predicted octanol–water partition coefficient (Wildman–Crippen LogP) is 3.07. The highest BCUT2D eigenvalue weighted by molar-refractivity contribution is 6.30. The van der Waals surface area contributed by atoms with Crippen molar-refractivity contribution in [1.29, 1.82) is 0 Å². The van der Waals surface area contributed by atoms with E-state index >= 15 is 0 Å². The summed E-state index contributed by atoms with van der Waals surface area (Å²) in [6.07, 6.45) is 0.732. The number of aryl methyl sites for hydroxylation is 1. The maximum Gasteiger partial charge on any atom is 0.261 e. The third-order valence-electron chi connectivity index (χ3n) is 5.72. The molecule has 4 aromatic rings. The van der Waals surface area contributed by atoms with Gasteiger partial charge in [-0.1, -0.05) is 23.7 Å². The number of pyridine rings is 1. The summed E-state index contributed by atoms with van der Waals surface area (Å²) >= 11 is 6.03. The fourth-order valence-corrected chi connectivity index (χ4v) is 4.15. The molecule has 0 saturated carbocycles. The number of nitrogens with zero attached hydrogens (tertiary/aromatic N) is 4. The molecule has 1 aliphatic heterocycles. The highest BCUT2D eigenvalue weighted by Gasteiger charge is 2.20. The Hall–Kier alpha value is -3.18. The minimum Gasteiger partial charge on any atom is -0.387 e. The average molecular weight is 518 g/mol. The van der Waals surface area contributed by atoms with Crippen LogP contribution in [0.4, 0.5) is 11.6 Å². The molecular weight excluding hydrogens is 493 g/mol. The maximum atomic E-state index is 12.8. The Bertz CT molecular complexity index is 1390. The number of benzene rings is 1. The first-order valence-electron chi connectivity index (χ1n) is 11.0. The van der Waals surface area contributed by atoms with Crippen LogP contribution in [0.25, 0.3) is 22.6 Å². The topological polar surface area (TPSA) is 132 Å². The van der Waals surface area contributed by atoms with Crippen LogP contribution in [0.3, 0.4) is 0 Å². The number of hydrogen-bond donors (Lipinski definition) is 4. The van der Waals surface area contributed by atoms with Crippen molar-refractivity contribution in [2.45, 2.75) is 13.0 Å². The molecule has 1 aliphatic rings. The number of nitrogens with one attached hydrogen (secondary N) is 3. The number of aliphatic hydroxyl groups excluding tert-OH is 1. The Kier molecular flexibility index (Phi) is 7.56. The van der Waals surface area contributed by atoms with E-state index in [1.165, 1.54) is 0 Å². The standard InChI is InChI=1S/C23H24ClN7O3.ClH/c1-13-19-21(30-23(27-13)31-7-9-34-10-8-31)29-20(28-19)18-16(5-6-25-22(18)33)26-12-17(32)14-3-2-4-15(24)11-14;/h2-6,11,17,32H,7-10,12H2,1H3,(H2,25,26,33)(H,27,28,29,30);1H. The van der Waals surface area contributed by atoms with Gasteiger partial charge in [-0.15, -0.1) is 12.4 Å².